The monoisotopic (exact) mass is 212 g/mol. The van der Waals surface area contributed by atoms with Gasteiger partial charge in [-0.15, -0.1) is 0 Å². The molecule has 1 aromatic carbocycles. The second-order valence-corrected chi connectivity index (χ2v) is 3.77. The first-order chi connectivity index (χ1) is 7.61. The van der Waals surface area contributed by atoms with Crippen LogP contribution in [-0.4, -0.2) is 9.78 Å². The minimum absolute atomic E-state index is 0.491. The van der Waals surface area contributed by atoms with Crippen molar-refractivity contribution in [2.75, 3.05) is 5.73 Å². The average molecular weight is 212 g/mol. The van der Waals surface area contributed by atoms with E-state index in [1.807, 2.05) is 32.2 Å². The number of hydrogen-bond donors (Lipinski definition) is 1. The Morgan fingerprint density at radius 1 is 1.38 bits per heavy atom. The highest BCUT2D eigenvalue weighted by Crippen LogP contribution is 2.18. The predicted octanol–water partition coefficient (Wildman–Crippen LogP) is 1.94. The zero-order valence-corrected chi connectivity index (χ0v) is 9.23. The van der Waals surface area contributed by atoms with Crippen molar-refractivity contribution in [3.8, 4) is 11.8 Å². The minimum Gasteiger partial charge on any atom is -0.382 e. The molecule has 2 N–H and O–H groups in total. The van der Waals surface area contributed by atoms with Gasteiger partial charge in [0.1, 0.15) is 11.9 Å². The number of nitrogen functional groups attached to an aromatic ring is 1. The van der Waals surface area contributed by atoms with Gasteiger partial charge in [-0.3, -0.25) is 0 Å². The summed E-state index contributed by atoms with van der Waals surface area (Å²) in [6, 6.07) is 7.76. The van der Waals surface area contributed by atoms with E-state index in [0.29, 0.717) is 11.4 Å². The summed E-state index contributed by atoms with van der Waals surface area (Å²) in [5.41, 5.74) is 9.04. The highest BCUT2D eigenvalue weighted by atomic mass is 15.3. The molecule has 0 radical (unpaired) electrons. The van der Waals surface area contributed by atoms with Crippen LogP contribution in [0.3, 0.4) is 0 Å². The van der Waals surface area contributed by atoms with Gasteiger partial charge in [0, 0.05) is 11.8 Å². The van der Waals surface area contributed by atoms with Gasteiger partial charge in [0.2, 0.25) is 0 Å². The molecule has 0 saturated heterocycles. The first-order valence-electron chi connectivity index (χ1n) is 4.94. The minimum atomic E-state index is 0.491. The number of nitrogens with zero attached hydrogens (tertiary/aromatic N) is 3. The number of benzene rings is 1. The lowest BCUT2D eigenvalue weighted by Gasteiger charge is -2.04. The van der Waals surface area contributed by atoms with Crippen LogP contribution in [0.5, 0.6) is 0 Å². The molecule has 1 heterocycles. The van der Waals surface area contributed by atoms with Crippen molar-refractivity contribution in [2.45, 2.75) is 13.8 Å². The van der Waals surface area contributed by atoms with Gasteiger partial charge in [0.25, 0.3) is 0 Å². The number of nitriles is 1. The molecule has 4 heteroatoms. The maximum atomic E-state index is 9.02. The third kappa shape index (κ3) is 1.63. The van der Waals surface area contributed by atoms with Crippen LogP contribution in [-0.2, 0) is 0 Å². The Labute approximate surface area is 93.9 Å². The standard InChI is InChI=1S/C12H12N4/c1-8-3-4-10(6-13)11(5-8)16-7-9(2)12(14)15-16/h3-5,7H,1-2H3,(H2,14,15). The summed E-state index contributed by atoms with van der Waals surface area (Å²) in [7, 11) is 0. The SMILES string of the molecule is Cc1ccc(C#N)c(-n2cc(C)c(N)n2)c1. The van der Waals surface area contributed by atoms with Crippen LogP contribution in [0.15, 0.2) is 24.4 Å². The molecule has 0 aliphatic heterocycles. The van der Waals surface area contributed by atoms with Crippen LogP contribution in [0, 0.1) is 25.2 Å². The van der Waals surface area contributed by atoms with Crippen molar-refractivity contribution in [3.05, 3.63) is 41.1 Å². The van der Waals surface area contributed by atoms with E-state index in [1.165, 1.54) is 0 Å². The first-order valence-corrected chi connectivity index (χ1v) is 4.94. The molecule has 0 spiro atoms. The lowest BCUT2D eigenvalue weighted by atomic mass is 10.1. The third-order valence-electron chi connectivity index (χ3n) is 2.46. The molecule has 0 atom stereocenters. The van der Waals surface area contributed by atoms with Gasteiger partial charge >= 0.3 is 0 Å². The van der Waals surface area contributed by atoms with Crippen molar-refractivity contribution < 1.29 is 0 Å². The Bertz CT molecular complexity index is 556. The van der Waals surface area contributed by atoms with Crippen LogP contribution in [0.1, 0.15) is 16.7 Å². The molecular formula is C12H12N4. The van der Waals surface area contributed by atoms with Gasteiger partial charge in [0.15, 0.2) is 0 Å². The Morgan fingerprint density at radius 3 is 2.69 bits per heavy atom. The zero-order chi connectivity index (χ0) is 11.7. The number of nitrogens with two attached hydrogens (primary N) is 1. The average Bonchev–Trinajstić information content (AvgIpc) is 2.59. The maximum absolute atomic E-state index is 9.02. The fraction of sp³-hybridized carbons (Fsp3) is 0.167. The molecular weight excluding hydrogens is 200 g/mol. The number of aromatic nitrogens is 2. The molecule has 0 aliphatic carbocycles. The molecule has 2 aromatic rings. The third-order valence-corrected chi connectivity index (χ3v) is 2.46. The largest absolute Gasteiger partial charge is 0.382 e. The number of anilines is 1. The van der Waals surface area contributed by atoms with Gasteiger partial charge in [-0.2, -0.15) is 10.4 Å². The number of hydrogen-bond acceptors (Lipinski definition) is 3. The fourth-order valence-electron chi connectivity index (χ4n) is 1.52. The van der Waals surface area contributed by atoms with E-state index in [-0.39, 0.29) is 0 Å². The summed E-state index contributed by atoms with van der Waals surface area (Å²) in [5.74, 6) is 0.491. The van der Waals surface area contributed by atoms with Crippen molar-refractivity contribution >= 4 is 5.82 Å². The highest BCUT2D eigenvalue weighted by molar-refractivity contribution is 5.51. The predicted molar refractivity (Wildman–Crippen MR) is 62.2 cm³/mol. The summed E-state index contributed by atoms with van der Waals surface area (Å²) >= 11 is 0. The summed E-state index contributed by atoms with van der Waals surface area (Å²) in [6.45, 7) is 3.87. The second kappa shape index (κ2) is 3.70. The lowest BCUT2D eigenvalue weighted by molar-refractivity contribution is 0.881. The van der Waals surface area contributed by atoms with Gasteiger partial charge in [0.05, 0.1) is 11.3 Å². The normalized spacial score (nSPS) is 10.1. The van der Waals surface area contributed by atoms with Crippen LogP contribution >= 0.6 is 0 Å². The zero-order valence-electron chi connectivity index (χ0n) is 9.23. The summed E-state index contributed by atoms with van der Waals surface area (Å²) < 4.78 is 1.65. The molecule has 0 saturated carbocycles. The molecule has 4 nitrogen and oxygen atoms in total. The van der Waals surface area contributed by atoms with Gasteiger partial charge in [-0.1, -0.05) is 6.07 Å². The van der Waals surface area contributed by atoms with Crippen LogP contribution in [0.2, 0.25) is 0 Å². The number of rotatable bonds is 1. The Kier molecular flexibility index (Phi) is 2.37. The summed E-state index contributed by atoms with van der Waals surface area (Å²) in [5, 5.41) is 13.2. The van der Waals surface area contributed by atoms with E-state index < -0.39 is 0 Å². The van der Waals surface area contributed by atoms with Crippen molar-refractivity contribution in [1.82, 2.24) is 9.78 Å². The van der Waals surface area contributed by atoms with E-state index >= 15 is 0 Å². The fourth-order valence-corrected chi connectivity index (χ4v) is 1.52. The highest BCUT2D eigenvalue weighted by Gasteiger charge is 2.07. The molecule has 80 valence electrons. The van der Waals surface area contributed by atoms with Gasteiger partial charge in [-0.05, 0) is 31.5 Å². The van der Waals surface area contributed by atoms with E-state index in [9.17, 15) is 0 Å². The van der Waals surface area contributed by atoms with Crippen molar-refractivity contribution in [2.24, 2.45) is 0 Å². The Balaban J connectivity index is 2.63. The van der Waals surface area contributed by atoms with E-state index in [4.69, 9.17) is 11.0 Å². The lowest BCUT2D eigenvalue weighted by Crippen LogP contribution is -1.99. The quantitative estimate of drug-likeness (QED) is 0.785. The van der Waals surface area contributed by atoms with Gasteiger partial charge < -0.3 is 5.73 Å². The smallest absolute Gasteiger partial charge is 0.148 e. The van der Waals surface area contributed by atoms with E-state index in [2.05, 4.69) is 11.2 Å². The molecule has 0 amide bonds. The summed E-state index contributed by atoms with van der Waals surface area (Å²) in [4.78, 5) is 0. The molecule has 0 unspecified atom stereocenters. The van der Waals surface area contributed by atoms with Crippen LogP contribution < -0.4 is 5.73 Å². The topological polar surface area (TPSA) is 67.6 Å². The molecule has 0 fully saturated rings. The van der Waals surface area contributed by atoms with E-state index in [0.717, 1.165) is 16.8 Å². The van der Waals surface area contributed by atoms with Crippen LogP contribution in [0.25, 0.3) is 5.69 Å². The molecule has 0 bridgehead atoms. The van der Waals surface area contributed by atoms with Gasteiger partial charge in [-0.25, -0.2) is 4.68 Å². The molecule has 2 rings (SSSR count). The second-order valence-electron chi connectivity index (χ2n) is 3.77. The summed E-state index contributed by atoms with van der Waals surface area (Å²) in [6.07, 6.45) is 1.82. The molecule has 1 aromatic heterocycles. The number of aryl methyl sites for hydroxylation is 2. The molecule has 16 heavy (non-hydrogen) atoms. The molecule has 0 aliphatic rings. The maximum Gasteiger partial charge on any atom is 0.148 e. The van der Waals surface area contributed by atoms with Crippen molar-refractivity contribution in [1.29, 1.82) is 5.26 Å². The van der Waals surface area contributed by atoms with Crippen LogP contribution in [0.4, 0.5) is 5.82 Å². The van der Waals surface area contributed by atoms with E-state index in [1.54, 1.807) is 10.7 Å². The Hall–Kier alpha value is -2.28. The first kappa shape index (κ1) is 10.2. The van der Waals surface area contributed by atoms with Crippen molar-refractivity contribution in [3.63, 3.8) is 0 Å². The Morgan fingerprint density at radius 2 is 2.12 bits per heavy atom.